The SMILES string of the molecule is [2H]C([2H])(C(=O)Nc1cc(C(C)(C)C)no1)c1ccc(-c2nc(C(C)C)n3ncnc(N)c23)cc1. The molecule has 166 valence electrons. The molecule has 3 aromatic heterocycles. The third-order valence-electron chi connectivity index (χ3n) is 4.93. The summed E-state index contributed by atoms with van der Waals surface area (Å²) in [4.78, 5) is 21.5. The van der Waals surface area contributed by atoms with E-state index in [2.05, 4.69) is 20.6 Å². The molecule has 0 aliphatic carbocycles. The fraction of sp³-hybridized carbons (Fsp3) is 0.348. The number of carbonyl (C=O) groups excluding carboxylic acids is 1. The van der Waals surface area contributed by atoms with Crippen LogP contribution in [0.15, 0.2) is 41.2 Å². The van der Waals surface area contributed by atoms with Crippen molar-refractivity contribution >= 4 is 23.1 Å². The molecule has 9 nitrogen and oxygen atoms in total. The van der Waals surface area contributed by atoms with E-state index in [0.717, 1.165) is 5.82 Å². The van der Waals surface area contributed by atoms with Crippen molar-refractivity contribution in [1.82, 2.24) is 24.7 Å². The number of hydrogen-bond donors (Lipinski definition) is 2. The summed E-state index contributed by atoms with van der Waals surface area (Å²) in [6.07, 6.45) is -0.927. The summed E-state index contributed by atoms with van der Waals surface area (Å²) in [5.41, 5.74) is 8.57. The fourth-order valence-electron chi connectivity index (χ4n) is 3.23. The maximum absolute atomic E-state index is 12.7. The molecule has 9 heteroatoms. The molecule has 0 spiro atoms. The van der Waals surface area contributed by atoms with Gasteiger partial charge in [0.2, 0.25) is 11.8 Å². The zero-order chi connectivity index (χ0) is 24.8. The van der Waals surface area contributed by atoms with Crippen LogP contribution in [0.1, 0.15) is 60.4 Å². The van der Waals surface area contributed by atoms with E-state index in [1.54, 1.807) is 34.8 Å². The van der Waals surface area contributed by atoms with Crippen molar-refractivity contribution in [3.8, 4) is 11.3 Å². The number of nitrogens with two attached hydrogens (primary N) is 1. The number of nitrogens with one attached hydrogen (secondary N) is 1. The van der Waals surface area contributed by atoms with E-state index in [-0.39, 0.29) is 22.8 Å². The fourth-order valence-corrected chi connectivity index (χ4v) is 3.23. The van der Waals surface area contributed by atoms with Gasteiger partial charge in [-0.15, -0.1) is 0 Å². The molecule has 32 heavy (non-hydrogen) atoms. The van der Waals surface area contributed by atoms with E-state index in [0.29, 0.717) is 28.3 Å². The molecule has 4 aromatic rings. The van der Waals surface area contributed by atoms with Crippen LogP contribution in [0.5, 0.6) is 0 Å². The lowest BCUT2D eigenvalue weighted by Crippen LogP contribution is -2.14. The number of amides is 1. The van der Waals surface area contributed by atoms with Gasteiger partial charge in [0.15, 0.2) is 5.82 Å². The summed E-state index contributed by atoms with van der Waals surface area (Å²) >= 11 is 0. The second-order valence-electron chi connectivity index (χ2n) is 8.86. The number of benzene rings is 1. The van der Waals surface area contributed by atoms with Gasteiger partial charge in [-0.2, -0.15) is 5.10 Å². The predicted molar refractivity (Wildman–Crippen MR) is 122 cm³/mol. The lowest BCUT2D eigenvalue weighted by Gasteiger charge is -2.12. The van der Waals surface area contributed by atoms with Crippen LogP contribution < -0.4 is 11.1 Å². The van der Waals surface area contributed by atoms with Crippen molar-refractivity contribution in [2.45, 2.75) is 52.3 Å². The zero-order valence-corrected chi connectivity index (χ0v) is 18.7. The highest BCUT2D eigenvalue weighted by atomic mass is 16.5. The minimum atomic E-state index is -2.31. The van der Waals surface area contributed by atoms with Gasteiger partial charge in [-0.3, -0.25) is 10.1 Å². The number of anilines is 2. The lowest BCUT2D eigenvalue weighted by molar-refractivity contribution is -0.115. The number of imidazole rings is 1. The second-order valence-corrected chi connectivity index (χ2v) is 8.86. The van der Waals surface area contributed by atoms with Crippen molar-refractivity contribution in [2.75, 3.05) is 11.1 Å². The zero-order valence-electron chi connectivity index (χ0n) is 20.7. The molecular formula is C23H27N7O2. The van der Waals surface area contributed by atoms with Crippen molar-refractivity contribution in [2.24, 2.45) is 0 Å². The first-order valence-electron chi connectivity index (χ1n) is 11.3. The topological polar surface area (TPSA) is 124 Å². The Kier molecular flexibility index (Phi) is 4.78. The van der Waals surface area contributed by atoms with Crippen LogP contribution in [0.25, 0.3) is 16.8 Å². The van der Waals surface area contributed by atoms with Gasteiger partial charge in [0.1, 0.15) is 23.4 Å². The van der Waals surface area contributed by atoms with Gasteiger partial charge in [0.25, 0.3) is 0 Å². The van der Waals surface area contributed by atoms with Crippen LogP contribution >= 0.6 is 0 Å². The molecule has 0 saturated heterocycles. The Morgan fingerprint density at radius 2 is 2.00 bits per heavy atom. The first kappa shape index (κ1) is 19.0. The minimum absolute atomic E-state index is 0.0941. The van der Waals surface area contributed by atoms with Crippen LogP contribution in [0.3, 0.4) is 0 Å². The van der Waals surface area contributed by atoms with E-state index in [1.165, 1.54) is 6.33 Å². The van der Waals surface area contributed by atoms with Gasteiger partial charge in [0, 0.05) is 25.7 Å². The molecule has 0 saturated carbocycles. The van der Waals surface area contributed by atoms with Gasteiger partial charge in [-0.05, 0) is 5.56 Å². The Bertz CT molecular complexity index is 1350. The molecule has 3 N–H and O–H groups in total. The minimum Gasteiger partial charge on any atom is -0.382 e. The number of aromatic nitrogens is 5. The van der Waals surface area contributed by atoms with Gasteiger partial charge in [-0.1, -0.05) is 64.0 Å². The van der Waals surface area contributed by atoms with Crippen molar-refractivity contribution in [1.29, 1.82) is 0 Å². The predicted octanol–water partition coefficient (Wildman–Crippen LogP) is 3.96. The van der Waals surface area contributed by atoms with Gasteiger partial charge in [0.05, 0.1) is 12.1 Å². The molecular weight excluding hydrogens is 406 g/mol. The van der Waals surface area contributed by atoms with Crippen LogP contribution in [-0.4, -0.2) is 30.6 Å². The molecule has 3 heterocycles. The summed E-state index contributed by atoms with van der Waals surface area (Å²) in [5, 5.41) is 10.7. The maximum atomic E-state index is 12.7. The number of carbonyl (C=O) groups is 1. The largest absolute Gasteiger partial charge is 0.382 e. The molecule has 0 bridgehead atoms. The normalized spacial score (nSPS) is 13.3. The Morgan fingerprint density at radius 3 is 2.62 bits per heavy atom. The number of fused-ring (bicyclic) bond motifs is 1. The molecule has 0 aliphatic heterocycles. The smallest absolute Gasteiger partial charge is 0.231 e. The molecule has 4 rings (SSSR count). The van der Waals surface area contributed by atoms with E-state index in [4.69, 9.17) is 18.0 Å². The Labute approximate surface area is 188 Å². The highest BCUT2D eigenvalue weighted by Gasteiger charge is 2.21. The Morgan fingerprint density at radius 1 is 1.28 bits per heavy atom. The average molecular weight is 436 g/mol. The van der Waals surface area contributed by atoms with Crippen molar-refractivity contribution < 1.29 is 12.1 Å². The summed E-state index contributed by atoms with van der Waals surface area (Å²) in [7, 11) is 0. The molecule has 0 unspecified atom stereocenters. The van der Waals surface area contributed by atoms with E-state index in [1.807, 2.05) is 34.6 Å². The highest BCUT2D eigenvalue weighted by Crippen LogP contribution is 2.30. The average Bonchev–Trinajstić information content (AvgIpc) is 3.39. The number of nitrogen functional groups attached to an aromatic ring is 1. The molecule has 0 aliphatic rings. The molecule has 0 atom stereocenters. The van der Waals surface area contributed by atoms with Gasteiger partial charge in [-0.25, -0.2) is 14.5 Å². The Balaban J connectivity index is 1.62. The first-order chi connectivity index (χ1) is 15.9. The molecule has 1 amide bonds. The lowest BCUT2D eigenvalue weighted by atomic mass is 9.92. The quantitative estimate of drug-likeness (QED) is 0.486. The number of nitrogens with zero attached hydrogens (tertiary/aromatic N) is 5. The van der Waals surface area contributed by atoms with Crippen molar-refractivity contribution in [3.05, 3.63) is 53.7 Å². The van der Waals surface area contributed by atoms with E-state index in [9.17, 15) is 4.79 Å². The van der Waals surface area contributed by atoms with Crippen LogP contribution in [0, 0.1) is 0 Å². The van der Waals surface area contributed by atoms with Crippen LogP contribution in [0.2, 0.25) is 0 Å². The summed E-state index contributed by atoms with van der Waals surface area (Å²) in [6, 6.07) is 8.10. The molecule has 0 radical (unpaired) electrons. The van der Waals surface area contributed by atoms with Crippen molar-refractivity contribution in [3.63, 3.8) is 0 Å². The van der Waals surface area contributed by atoms with Gasteiger partial charge >= 0.3 is 0 Å². The Hall–Kier alpha value is -3.75. The number of hydrogen-bond acceptors (Lipinski definition) is 7. The maximum Gasteiger partial charge on any atom is 0.231 e. The standard InChI is InChI=1S/C23H27N7O2/c1-13(2)22-28-19(20-21(24)25-12-26-30(20)22)15-8-6-14(7-9-15)10-17(31)27-18-11-16(29-32-18)23(3,4)5/h6-9,11-13H,10H2,1-5H3,(H,27,31)(H2,24,25,26)/i10D2. The van der Waals surface area contributed by atoms with Crippen LogP contribution in [-0.2, 0) is 16.6 Å². The molecule has 0 fully saturated rings. The van der Waals surface area contributed by atoms with Gasteiger partial charge < -0.3 is 10.3 Å². The summed E-state index contributed by atoms with van der Waals surface area (Å²) < 4.78 is 23.6. The monoisotopic (exact) mass is 435 g/mol. The highest BCUT2D eigenvalue weighted by molar-refractivity contribution is 5.91. The van der Waals surface area contributed by atoms with E-state index < -0.39 is 12.3 Å². The van der Waals surface area contributed by atoms with Crippen LogP contribution in [0.4, 0.5) is 11.7 Å². The third-order valence-corrected chi connectivity index (χ3v) is 4.93. The summed E-state index contributed by atoms with van der Waals surface area (Å²) in [5.74, 6) is 0.368. The third kappa shape index (κ3) is 4.18. The first-order valence-corrected chi connectivity index (χ1v) is 10.3. The molecule has 1 aromatic carbocycles. The second kappa shape index (κ2) is 8.07. The summed E-state index contributed by atoms with van der Waals surface area (Å²) in [6.45, 7) is 9.90. The number of rotatable bonds is 5. The van der Waals surface area contributed by atoms with E-state index >= 15 is 0 Å².